The molecule has 0 saturated carbocycles. The Bertz CT molecular complexity index is 113. The summed E-state index contributed by atoms with van der Waals surface area (Å²) in [7, 11) is 0. The van der Waals surface area contributed by atoms with Crippen LogP contribution in [0, 0.1) is 0 Å². The Morgan fingerprint density at radius 2 is 2.22 bits per heavy atom. The van der Waals surface area contributed by atoms with E-state index in [4.69, 9.17) is 11.5 Å². The second-order valence-electron chi connectivity index (χ2n) is 2.13. The highest BCUT2D eigenvalue weighted by molar-refractivity contribution is 5.85. The third-order valence-corrected chi connectivity index (χ3v) is 1.30. The van der Waals surface area contributed by atoms with Gasteiger partial charge in [-0.25, -0.2) is 0 Å². The van der Waals surface area contributed by atoms with Gasteiger partial charge in [0.2, 0.25) is 0 Å². The summed E-state index contributed by atoms with van der Waals surface area (Å²) in [4.78, 5) is 3.98. The number of hydrogen-bond acceptors (Lipinski definition) is 3. The largest absolute Gasteiger partial charge is 0.387 e. The molecule has 0 aromatic heterocycles. The summed E-state index contributed by atoms with van der Waals surface area (Å²) < 4.78 is 0. The van der Waals surface area contributed by atoms with Crippen LogP contribution in [0.2, 0.25) is 0 Å². The van der Waals surface area contributed by atoms with Crippen molar-refractivity contribution in [3.63, 3.8) is 0 Å². The number of nitrogens with two attached hydrogens (primary N) is 2. The molecule has 1 rings (SSSR count). The SMILES string of the molecule is Cl.NC1=NCC(N)CC1. The summed E-state index contributed by atoms with van der Waals surface area (Å²) in [6.07, 6.45) is 1.87. The molecule has 1 unspecified atom stereocenters. The topological polar surface area (TPSA) is 64.4 Å². The fourth-order valence-corrected chi connectivity index (χ4v) is 0.738. The van der Waals surface area contributed by atoms with E-state index in [-0.39, 0.29) is 18.4 Å². The van der Waals surface area contributed by atoms with Gasteiger partial charge in [-0.3, -0.25) is 4.99 Å². The maximum Gasteiger partial charge on any atom is 0.0938 e. The fraction of sp³-hybridized carbons (Fsp3) is 0.800. The lowest BCUT2D eigenvalue weighted by molar-refractivity contribution is 0.613. The Hall–Kier alpha value is -0.280. The van der Waals surface area contributed by atoms with Crippen molar-refractivity contribution in [2.45, 2.75) is 18.9 Å². The molecule has 9 heavy (non-hydrogen) atoms. The van der Waals surface area contributed by atoms with E-state index in [2.05, 4.69) is 4.99 Å². The van der Waals surface area contributed by atoms with Crippen molar-refractivity contribution in [1.29, 1.82) is 0 Å². The molecule has 0 aromatic rings. The Labute approximate surface area is 60.9 Å². The Kier molecular flexibility index (Phi) is 3.58. The molecule has 0 saturated heterocycles. The summed E-state index contributed by atoms with van der Waals surface area (Å²) >= 11 is 0. The second kappa shape index (κ2) is 3.69. The molecule has 0 radical (unpaired) electrons. The number of amidine groups is 1. The molecule has 0 bridgehead atoms. The van der Waals surface area contributed by atoms with Crippen molar-refractivity contribution in [2.75, 3.05) is 6.54 Å². The zero-order valence-electron chi connectivity index (χ0n) is 5.21. The van der Waals surface area contributed by atoms with Crippen molar-refractivity contribution < 1.29 is 0 Å². The number of hydrogen-bond donors (Lipinski definition) is 2. The third-order valence-electron chi connectivity index (χ3n) is 1.30. The first-order valence-corrected chi connectivity index (χ1v) is 2.83. The summed E-state index contributed by atoms with van der Waals surface area (Å²) in [5, 5.41) is 0. The summed E-state index contributed by atoms with van der Waals surface area (Å²) in [6, 6.07) is 0.252. The standard InChI is InChI=1S/C5H11N3.ClH/c6-4-1-2-5(7)8-3-4;/h4H,1-3,6H2,(H2,7,8);1H. The van der Waals surface area contributed by atoms with Gasteiger partial charge in [0.15, 0.2) is 0 Å². The van der Waals surface area contributed by atoms with Crippen molar-refractivity contribution >= 4 is 18.2 Å². The number of nitrogens with zero attached hydrogens (tertiary/aromatic N) is 1. The highest BCUT2D eigenvalue weighted by Gasteiger charge is 2.07. The number of aliphatic imine (C=N–C) groups is 1. The molecule has 1 heterocycles. The zero-order valence-corrected chi connectivity index (χ0v) is 6.03. The van der Waals surface area contributed by atoms with Crippen LogP contribution in [-0.2, 0) is 0 Å². The van der Waals surface area contributed by atoms with Crippen LogP contribution in [0.4, 0.5) is 0 Å². The van der Waals surface area contributed by atoms with Crippen LogP contribution in [0.3, 0.4) is 0 Å². The van der Waals surface area contributed by atoms with Crippen molar-refractivity contribution in [2.24, 2.45) is 16.5 Å². The molecule has 0 aliphatic carbocycles. The minimum atomic E-state index is 0. The van der Waals surface area contributed by atoms with Gasteiger partial charge >= 0.3 is 0 Å². The van der Waals surface area contributed by atoms with Crippen LogP contribution in [-0.4, -0.2) is 18.4 Å². The highest BCUT2D eigenvalue weighted by Crippen LogP contribution is 2.00. The van der Waals surface area contributed by atoms with E-state index in [9.17, 15) is 0 Å². The van der Waals surface area contributed by atoms with E-state index in [0.717, 1.165) is 18.7 Å². The molecule has 4 heteroatoms. The predicted octanol–water partition coefficient (Wildman–Crippen LogP) is -0.114. The lowest BCUT2D eigenvalue weighted by Crippen LogP contribution is -2.31. The van der Waals surface area contributed by atoms with Gasteiger partial charge in [0, 0.05) is 12.5 Å². The van der Waals surface area contributed by atoms with Crippen LogP contribution >= 0.6 is 12.4 Å². The van der Waals surface area contributed by atoms with Crippen LogP contribution < -0.4 is 11.5 Å². The lowest BCUT2D eigenvalue weighted by atomic mass is 10.1. The van der Waals surface area contributed by atoms with Crippen LogP contribution in [0.25, 0.3) is 0 Å². The third kappa shape index (κ3) is 2.67. The van der Waals surface area contributed by atoms with Gasteiger partial charge in [-0.15, -0.1) is 12.4 Å². The highest BCUT2D eigenvalue weighted by atomic mass is 35.5. The van der Waals surface area contributed by atoms with E-state index in [1.54, 1.807) is 0 Å². The first kappa shape index (κ1) is 8.72. The molecule has 1 atom stereocenters. The van der Waals surface area contributed by atoms with E-state index in [0.29, 0.717) is 6.54 Å². The average Bonchev–Trinajstić information content (AvgIpc) is 1.77. The summed E-state index contributed by atoms with van der Waals surface area (Å²) in [5.74, 6) is 0.756. The molecule has 0 aromatic carbocycles. The van der Waals surface area contributed by atoms with E-state index in [1.165, 1.54) is 0 Å². The van der Waals surface area contributed by atoms with Gasteiger partial charge in [0.05, 0.1) is 12.4 Å². The van der Waals surface area contributed by atoms with Crippen LogP contribution in [0.5, 0.6) is 0 Å². The monoisotopic (exact) mass is 149 g/mol. The Balaban J connectivity index is 0.000000640. The van der Waals surface area contributed by atoms with Crippen molar-refractivity contribution in [3.8, 4) is 0 Å². The fourth-order valence-electron chi connectivity index (χ4n) is 0.738. The quantitative estimate of drug-likeness (QED) is 0.505. The predicted molar refractivity (Wildman–Crippen MR) is 40.9 cm³/mol. The molecular weight excluding hydrogens is 138 g/mol. The van der Waals surface area contributed by atoms with Crippen molar-refractivity contribution in [3.05, 3.63) is 0 Å². The smallest absolute Gasteiger partial charge is 0.0938 e. The second-order valence-corrected chi connectivity index (χ2v) is 2.13. The van der Waals surface area contributed by atoms with E-state index < -0.39 is 0 Å². The molecule has 0 spiro atoms. The summed E-state index contributed by atoms with van der Waals surface area (Å²) in [6.45, 7) is 0.714. The molecule has 0 fully saturated rings. The van der Waals surface area contributed by atoms with Crippen molar-refractivity contribution in [1.82, 2.24) is 0 Å². The minimum Gasteiger partial charge on any atom is -0.387 e. The molecule has 1 aliphatic heterocycles. The van der Waals surface area contributed by atoms with Gasteiger partial charge < -0.3 is 11.5 Å². The minimum absolute atomic E-state index is 0. The van der Waals surface area contributed by atoms with Gasteiger partial charge in [0.25, 0.3) is 0 Å². The maximum absolute atomic E-state index is 5.53. The van der Waals surface area contributed by atoms with Crippen LogP contribution in [0.15, 0.2) is 4.99 Å². The molecule has 3 nitrogen and oxygen atoms in total. The van der Waals surface area contributed by atoms with E-state index in [1.807, 2.05) is 0 Å². The molecular formula is C5H12ClN3. The Morgan fingerprint density at radius 1 is 1.56 bits per heavy atom. The van der Waals surface area contributed by atoms with Gasteiger partial charge in [-0.05, 0) is 6.42 Å². The first-order valence-electron chi connectivity index (χ1n) is 2.83. The summed E-state index contributed by atoms with van der Waals surface area (Å²) in [5.41, 5.74) is 10.9. The normalized spacial score (nSPS) is 26.3. The molecule has 54 valence electrons. The van der Waals surface area contributed by atoms with Gasteiger partial charge in [-0.1, -0.05) is 0 Å². The molecule has 0 amide bonds. The first-order chi connectivity index (χ1) is 3.79. The molecule has 1 aliphatic rings. The number of rotatable bonds is 0. The zero-order chi connectivity index (χ0) is 5.98. The van der Waals surface area contributed by atoms with Gasteiger partial charge in [0.1, 0.15) is 0 Å². The maximum atomic E-state index is 5.53. The Morgan fingerprint density at radius 3 is 2.56 bits per heavy atom. The lowest BCUT2D eigenvalue weighted by Gasteiger charge is -2.13. The van der Waals surface area contributed by atoms with E-state index >= 15 is 0 Å². The van der Waals surface area contributed by atoms with Crippen LogP contribution in [0.1, 0.15) is 12.8 Å². The average molecular weight is 150 g/mol. The number of halogens is 1. The molecule has 4 N–H and O–H groups in total. The van der Waals surface area contributed by atoms with Gasteiger partial charge in [-0.2, -0.15) is 0 Å².